The van der Waals surface area contributed by atoms with E-state index in [2.05, 4.69) is 5.32 Å². The van der Waals surface area contributed by atoms with Crippen LogP contribution in [0.5, 0.6) is 5.75 Å². The smallest absolute Gasteiger partial charge is 0.294 e. The van der Waals surface area contributed by atoms with Gasteiger partial charge in [-0.2, -0.15) is 0 Å². The fourth-order valence-electron chi connectivity index (χ4n) is 3.86. The third kappa shape index (κ3) is 4.84. The van der Waals surface area contributed by atoms with Gasteiger partial charge in [0.1, 0.15) is 12.3 Å². The summed E-state index contributed by atoms with van der Waals surface area (Å²) in [4.78, 5) is 39.7. The Morgan fingerprint density at radius 1 is 1.03 bits per heavy atom. The molecular weight excluding hydrogens is 448 g/mol. The van der Waals surface area contributed by atoms with Gasteiger partial charge < -0.3 is 10.1 Å². The molecule has 1 saturated heterocycles. The third-order valence-corrected chi connectivity index (χ3v) is 6.50. The molecule has 0 unspecified atom stereocenters. The van der Waals surface area contributed by atoms with Gasteiger partial charge in [0.2, 0.25) is 5.91 Å². The average molecular weight is 475 g/mol. The standard InChI is InChI=1S/C27H26N2O4S/c1-4-14-33-22-13-12-19-10-5-6-11-20(19)21(22)15-23-26(31)29(27(32)34-23)16-24(30)28-25-17(2)8-7-9-18(25)3/h5-13,15H,4,14,16H2,1-3H3,(H,28,30)/b23-15-. The highest BCUT2D eigenvalue weighted by Crippen LogP contribution is 2.37. The second-order valence-corrected chi connectivity index (χ2v) is 9.12. The summed E-state index contributed by atoms with van der Waals surface area (Å²) >= 11 is 0.835. The Morgan fingerprint density at radius 2 is 1.76 bits per heavy atom. The Balaban J connectivity index is 1.60. The second kappa shape index (κ2) is 10.1. The lowest BCUT2D eigenvalue weighted by atomic mass is 10.0. The number of nitrogens with one attached hydrogen (secondary N) is 1. The molecule has 1 fully saturated rings. The van der Waals surface area contributed by atoms with Gasteiger partial charge >= 0.3 is 0 Å². The summed E-state index contributed by atoms with van der Waals surface area (Å²) in [7, 11) is 0. The van der Waals surface area contributed by atoms with E-state index in [-0.39, 0.29) is 11.4 Å². The molecule has 3 amide bonds. The van der Waals surface area contributed by atoms with Crippen molar-refractivity contribution in [1.82, 2.24) is 4.90 Å². The van der Waals surface area contributed by atoms with Crippen LogP contribution < -0.4 is 10.1 Å². The number of carbonyl (C=O) groups is 3. The Labute approximate surface area is 203 Å². The molecule has 1 N–H and O–H groups in total. The zero-order valence-corrected chi connectivity index (χ0v) is 20.2. The summed E-state index contributed by atoms with van der Waals surface area (Å²) in [5, 5.41) is 4.30. The molecule has 0 spiro atoms. The van der Waals surface area contributed by atoms with Gasteiger partial charge in [0.25, 0.3) is 11.1 Å². The molecule has 0 saturated carbocycles. The van der Waals surface area contributed by atoms with Crippen molar-refractivity contribution in [2.75, 3.05) is 18.5 Å². The number of nitrogens with zero attached hydrogens (tertiary/aromatic N) is 1. The molecule has 3 aromatic rings. The lowest BCUT2D eigenvalue weighted by Gasteiger charge is -2.15. The molecule has 7 heteroatoms. The van der Waals surface area contributed by atoms with E-state index in [4.69, 9.17) is 4.74 Å². The lowest BCUT2D eigenvalue weighted by Crippen LogP contribution is -2.36. The third-order valence-electron chi connectivity index (χ3n) is 5.59. The van der Waals surface area contributed by atoms with Crippen LogP contribution in [-0.4, -0.2) is 35.1 Å². The molecule has 0 bridgehead atoms. The van der Waals surface area contributed by atoms with Crippen LogP contribution >= 0.6 is 11.8 Å². The van der Waals surface area contributed by atoms with E-state index in [0.29, 0.717) is 18.0 Å². The number of hydrogen-bond acceptors (Lipinski definition) is 5. The summed E-state index contributed by atoms with van der Waals surface area (Å²) in [6.07, 6.45) is 2.54. The van der Waals surface area contributed by atoms with Crippen molar-refractivity contribution < 1.29 is 19.1 Å². The molecule has 3 aromatic carbocycles. The fourth-order valence-corrected chi connectivity index (χ4v) is 4.68. The van der Waals surface area contributed by atoms with Crippen molar-refractivity contribution in [3.8, 4) is 5.75 Å². The molecule has 0 radical (unpaired) electrons. The van der Waals surface area contributed by atoms with E-state index < -0.39 is 17.1 Å². The van der Waals surface area contributed by atoms with E-state index in [0.717, 1.165) is 50.5 Å². The number of aryl methyl sites for hydroxylation is 2. The van der Waals surface area contributed by atoms with Gasteiger partial charge in [0, 0.05) is 11.3 Å². The number of anilines is 1. The molecule has 0 aliphatic carbocycles. The number of benzene rings is 3. The monoisotopic (exact) mass is 474 g/mol. The lowest BCUT2D eigenvalue weighted by molar-refractivity contribution is -0.127. The minimum atomic E-state index is -0.485. The number of amides is 3. The summed E-state index contributed by atoms with van der Waals surface area (Å²) in [5.74, 6) is -0.251. The first kappa shape index (κ1) is 23.6. The molecule has 4 rings (SSSR count). The topological polar surface area (TPSA) is 75.7 Å². The van der Waals surface area contributed by atoms with Crippen molar-refractivity contribution in [1.29, 1.82) is 0 Å². The first-order chi connectivity index (χ1) is 16.4. The number of para-hydroxylation sites is 1. The van der Waals surface area contributed by atoms with Crippen LogP contribution in [0.15, 0.2) is 59.5 Å². The number of fused-ring (bicyclic) bond motifs is 1. The Morgan fingerprint density at radius 3 is 2.50 bits per heavy atom. The molecule has 6 nitrogen and oxygen atoms in total. The summed E-state index contributed by atoms with van der Waals surface area (Å²) < 4.78 is 5.92. The van der Waals surface area contributed by atoms with E-state index in [1.165, 1.54) is 0 Å². The molecule has 1 aliphatic rings. The highest BCUT2D eigenvalue weighted by atomic mass is 32.2. The number of imide groups is 1. The van der Waals surface area contributed by atoms with Gasteiger partial charge in [-0.15, -0.1) is 0 Å². The van der Waals surface area contributed by atoms with Gasteiger partial charge in [-0.3, -0.25) is 19.3 Å². The van der Waals surface area contributed by atoms with Crippen molar-refractivity contribution in [2.24, 2.45) is 0 Å². The first-order valence-electron chi connectivity index (χ1n) is 11.1. The van der Waals surface area contributed by atoms with Crippen molar-refractivity contribution in [3.05, 3.63) is 76.2 Å². The fraction of sp³-hybridized carbons (Fsp3) is 0.222. The molecular formula is C27H26N2O4S. The van der Waals surface area contributed by atoms with Crippen LogP contribution in [0.1, 0.15) is 30.0 Å². The maximum atomic E-state index is 13.1. The maximum absolute atomic E-state index is 13.1. The van der Waals surface area contributed by atoms with Gasteiger partial charge in [0.05, 0.1) is 11.5 Å². The van der Waals surface area contributed by atoms with E-state index in [1.54, 1.807) is 6.08 Å². The predicted molar refractivity (Wildman–Crippen MR) is 137 cm³/mol. The Kier molecular flexibility index (Phi) is 7.03. The minimum Gasteiger partial charge on any atom is -0.493 e. The van der Waals surface area contributed by atoms with Crippen LogP contribution in [0, 0.1) is 13.8 Å². The summed E-state index contributed by atoms with van der Waals surface area (Å²) in [5.41, 5.74) is 3.27. The number of thioether (sulfide) groups is 1. The van der Waals surface area contributed by atoms with Gasteiger partial charge in [0.15, 0.2) is 0 Å². The number of carbonyl (C=O) groups excluding carboxylic acids is 3. The van der Waals surface area contributed by atoms with Crippen molar-refractivity contribution in [2.45, 2.75) is 27.2 Å². The highest BCUT2D eigenvalue weighted by Gasteiger charge is 2.36. The highest BCUT2D eigenvalue weighted by molar-refractivity contribution is 8.18. The molecule has 1 aliphatic heterocycles. The molecule has 174 valence electrons. The van der Waals surface area contributed by atoms with E-state index in [9.17, 15) is 14.4 Å². The van der Waals surface area contributed by atoms with Gasteiger partial charge in [-0.05, 0) is 66.1 Å². The van der Waals surface area contributed by atoms with Crippen LogP contribution in [0.4, 0.5) is 10.5 Å². The number of hydrogen-bond donors (Lipinski definition) is 1. The molecule has 0 atom stereocenters. The van der Waals surface area contributed by atoms with Crippen LogP contribution in [0.2, 0.25) is 0 Å². The van der Waals surface area contributed by atoms with E-state index in [1.807, 2.05) is 75.4 Å². The van der Waals surface area contributed by atoms with Crippen molar-refractivity contribution >= 4 is 51.4 Å². The molecule has 0 aromatic heterocycles. The number of rotatable bonds is 7. The average Bonchev–Trinajstić information content (AvgIpc) is 3.08. The van der Waals surface area contributed by atoms with Crippen LogP contribution in [-0.2, 0) is 9.59 Å². The van der Waals surface area contributed by atoms with Crippen LogP contribution in [0.25, 0.3) is 16.8 Å². The summed E-state index contributed by atoms with van der Waals surface area (Å²) in [6.45, 7) is 6.01. The normalized spacial score (nSPS) is 14.8. The van der Waals surface area contributed by atoms with Crippen molar-refractivity contribution in [3.63, 3.8) is 0 Å². The van der Waals surface area contributed by atoms with Gasteiger partial charge in [-0.1, -0.05) is 55.5 Å². The molecule has 34 heavy (non-hydrogen) atoms. The Hall–Kier alpha value is -3.58. The maximum Gasteiger partial charge on any atom is 0.294 e. The first-order valence-corrected chi connectivity index (χ1v) is 12.0. The Bertz CT molecular complexity index is 1290. The zero-order chi connectivity index (χ0) is 24.2. The second-order valence-electron chi connectivity index (χ2n) is 8.13. The predicted octanol–water partition coefficient (Wildman–Crippen LogP) is 5.92. The minimum absolute atomic E-state index is 0.266. The summed E-state index contributed by atoms with van der Waals surface area (Å²) in [6, 6.07) is 17.4. The SMILES string of the molecule is CCCOc1ccc2ccccc2c1/C=C1\SC(=O)N(CC(=O)Nc2c(C)cccc2C)C1=O. The van der Waals surface area contributed by atoms with Crippen LogP contribution in [0.3, 0.4) is 0 Å². The van der Waals surface area contributed by atoms with Gasteiger partial charge in [-0.25, -0.2) is 0 Å². The zero-order valence-electron chi connectivity index (χ0n) is 19.4. The quantitative estimate of drug-likeness (QED) is 0.430. The molecule has 1 heterocycles. The number of ether oxygens (including phenoxy) is 1. The largest absolute Gasteiger partial charge is 0.493 e. The van der Waals surface area contributed by atoms with E-state index >= 15 is 0 Å².